The molecule has 0 aliphatic carbocycles. The molecule has 0 aromatic heterocycles. The van der Waals surface area contributed by atoms with E-state index < -0.39 is 6.03 Å². The van der Waals surface area contributed by atoms with Crippen molar-refractivity contribution in [2.24, 2.45) is 0 Å². The van der Waals surface area contributed by atoms with Crippen LogP contribution in [-0.4, -0.2) is 43.5 Å². The van der Waals surface area contributed by atoms with Crippen LogP contribution in [0, 0.1) is 5.82 Å². The highest BCUT2D eigenvalue weighted by Gasteiger charge is 2.25. The summed E-state index contributed by atoms with van der Waals surface area (Å²) in [6.45, 7) is 1.65. The van der Waals surface area contributed by atoms with E-state index >= 15 is 0 Å². The van der Waals surface area contributed by atoms with Crippen molar-refractivity contribution in [3.05, 3.63) is 35.6 Å². The number of likely N-dealkylation sites (tertiary alicyclic amines) is 1. The smallest absolute Gasteiger partial charge is 0.321 e. The molecule has 1 fully saturated rings. The lowest BCUT2D eigenvalue weighted by molar-refractivity contribution is -0.120. The summed E-state index contributed by atoms with van der Waals surface area (Å²) in [5.74, 6) is -0.332. The number of benzene rings is 1. The Morgan fingerprint density at radius 2 is 2.25 bits per heavy atom. The third-order valence-corrected chi connectivity index (χ3v) is 3.44. The number of urea groups is 1. The first-order chi connectivity index (χ1) is 9.58. The molecule has 0 saturated carbocycles. The SMILES string of the molecule is CNC(=O)NC(=O)CN1CC[C@H](c2cccc(F)c2)C1. The van der Waals surface area contributed by atoms with Gasteiger partial charge in [0.05, 0.1) is 6.54 Å². The van der Waals surface area contributed by atoms with Gasteiger partial charge in [-0.1, -0.05) is 12.1 Å². The Labute approximate surface area is 117 Å². The first-order valence-corrected chi connectivity index (χ1v) is 6.58. The normalized spacial score (nSPS) is 18.8. The molecular weight excluding hydrogens is 261 g/mol. The average Bonchev–Trinajstić information content (AvgIpc) is 2.87. The van der Waals surface area contributed by atoms with Crippen LogP contribution in [-0.2, 0) is 4.79 Å². The van der Waals surface area contributed by atoms with Crippen molar-refractivity contribution in [2.75, 3.05) is 26.7 Å². The number of amides is 3. The molecule has 1 atom stereocenters. The topological polar surface area (TPSA) is 61.4 Å². The highest BCUT2D eigenvalue weighted by atomic mass is 19.1. The molecule has 0 unspecified atom stereocenters. The van der Waals surface area contributed by atoms with E-state index in [1.165, 1.54) is 13.1 Å². The molecule has 1 heterocycles. The van der Waals surface area contributed by atoms with Gasteiger partial charge < -0.3 is 5.32 Å². The zero-order chi connectivity index (χ0) is 14.5. The summed E-state index contributed by atoms with van der Waals surface area (Å²) in [4.78, 5) is 24.6. The van der Waals surface area contributed by atoms with Gasteiger partial charge in [0.1, 0.15) is 5.82 Å². The number of carbonyl (C=O) groups is 2. The fourth-order valence-electron chi connectivity index (χ4n) is 2.44. The molecule has 2 N–H and O–H groups in total. The quantitative estimate of drug-likeness (QED) is 0.870. The molecule has 1 aliphatic heterocycles. The standard InChI is InChI=1S/C14H18FN3O2/c1-16-14(20)17-13(19)9-18-6-5-11(8-18)10-3-2-4-12(15)7-10/h2-4,7,11H,5-6,8-9H2,1H3,(H2,16,17,19,20)/t11-/m0/s1. The summed E-state index contributed by atoms with van der Waals surface area (Å²) in [5.41, 5.74) is 0.958. The molecule has 1 saturated heterocycles. The van der Waals surface area contributed by atoms with Crippen LogP contribution in [0.1, 0.15) is 17.9 Å². The van der Waals surface area contributed by atoms with Crippen LogP contribution in [0.3, 0.4) is 0 Å². The van der Waals surface area contributed by atoms with Crippen molar-refractivity contribution in [3.63, 3.8) is 0 Å². The molecule has 1 aromatic rings. The van der Waals surface area contributed by atoms with E-state index in [1.54, 1.807) is 12.1 Å². The second-order valence-corrected chi connectivity index (χ2v) is 4.90. The van der Waals surface area contributed by atoms with Gasteiger partial charge in [-0.2, -0.15) is 0 Å². The van der Waals surface area contributed by atoms with Crippen molar-refractivity contribution in [1.82, 2.24) is 15.5 Å². The predicted molar refractivity (Wildman–Crippen MR) is 72.8 cm³/mol. The van der Waals surface area contributed by atoms with Crippen LogP contribution < -0.4 is 10.6 Å². The molecule has 2 rings (SSSR count). The van der Waals surface area contributed by atoms with E-state index in [2.05, 4.69) is 10.6 Å². The summed E-state index contributed by atoms with van der Waals surface area (Å²) in [6, 6.07) is 6.06. The number of hydrogen-bond donors (Lipinski definition) is 2. The predicted octanol–water partition coefficient (Wildman–Crippen LogP) is 1.07. The molecule has 0 radical (unpaired) electrons. The number of hydrogen-bond acceptors (Lipinski definition) is 3. The van der Waals surface area contributed by atoms with Gasteiger partial charge >= 0.3 is 6.03 Å². The molecule has 0 bridgehead atoms. The van der Waals surface area contributed by atoms with Crippen molar-refractivity contribution in [1.29, 1.82) is 0 Å². The molecular formula is C14H18FN3O2. The number of halogens is 1. The van der Waals surface area contributed by atoms with E-state index in [-0.39, 0.29) is 24.2 Å². The maximum atomic E-state index is 13.2. The lowest BCUT2D eigenvalue weighted by Gasteiger charge is -2.15. The number of nitrogens with zero attached hydrogens (tertiary/aromatic N) is 1. The first kappa shape index (κ1) is 14.5. The fourth-order valence-corrected chi connectivity index (χ4v) is 2.44. The Kier molecular flexibility index (Phi) is 4.68. The summed E-state index contributed by atoms with van der Waals surface area (Å²) >= 11 is 0. The Bertz CT molecular complexity index is 507. The molecule has 20 heavy (non-hydrogen) atoms. The largest absolute Gasteiger partial charge is 0.341 e. The van der Waals surface area contributed by atoms with Crippen LogP contribution in [0.2, 0.25) is 0 Å². The number of rotatable bonds is 3. The van der Waals surface area contributed by atoms with E-state index in [0.717, 1.165) is 18.5 Å². The Balaban J connectivity index is 1.86. The van der Waals surface area contributed by atoms with E-state index in [4.69, 9.17) is 0 Å². The average molecular weight is 279 g/mol. The van der Waals surface area contributed by atoms with Crippen LogP contribution in [0.15, 0.2) is 24.3 Å². The Morgan fingerprint density at radius 3 is 2.95 bits per heavy atom. The summed E-state index contributed by atoms with van der Waals surface area (Å²) in [5, 5.41) is 4.56. The summed E-state index contributed by atoms with van der Waals surface area (Å²) in [6.07, 6.45) is 0.886. The van der Waals surface area contributed by atoms with Gasteiger partial charge in [-0.3, -0.25) is 15.0 Å². The second kappa shape index (κ2) is 6.47. The molecule has 0 spiro atoms. The summed E-state index contributed by atoms with van der Waals surface area (Å²) in [7, 11) is 1.46. The number of carbonyl (C=O) groups excluding carboxylic acids is 2. The maximum Gasteiger partial charge on any atom is 0.321 e. The molecule has 3 amide bonds. The minimum absolute atomic E-state index is 0.180. The minimum Gasteiger partial charge on any atom is -0.341 e. The Morgan fingerprint density at radius 1 is 1.45 bits per heavy atom. The maximum absolute atomic E-state index is 13.2. The van der Waals surface area contributed by atoms with E-state index in [1.807, 2.05) is 11.0 Å². The minimum atomic E-state index is -0.504. The van der Waals surface area contributed by atoms with Crippen molar-refractivity contribution in [3.8, 4) is 0 Å². The fraction of sp³-hybridized carbons (Fsp3) is 0.429. The van der Waals surface area contributed by atoms with Gasteiger partial charge in [0, 0.05) is 13.6 Å². The van der Waals surface area contributed by atoms with Gasteiger partial charge in [0.2, 0.25) is 5.91 Å². The monoisotopic (exact) mass is 279 g/mol. The van der Waals surface area contributed by atoms with Crippen LogP contribution in [0.25, 0.3) is 0 Å². The highest BCUT2D eigenvalue weighted by molar-refractivity contribution is 5.95. The lowest BCUT2D eigenvalue weighted by Crippen LogP contribution is -2.42. The van der Waals surface area contributed by atoms with E-state index in [9.17, 15) is 14.0 Å². The zero-order valence-electron chi connectivity index (χ0n) is 11.4. The lowest BCUT2D eigenvalue weighted by atomic mass is 9.98. The van der Waals surface area contributed by atoms with Gasteiger partial charge in [-0.25, -0.2) is 9.18 Å². The van der Waals surface area contributed by atoms with Crippen molar-refractivity contribution >= 4 is 11.9 Å². The Hall–Kier alpha value is -1.95. The van der Waals surface area contributed by atoms with Crippen LogP contribution in [0.5, 0.6) is 0 Å². The van der Waals surface area contributed by atoms with Gasteiger partial charge in [0.25, 0.3) is 0 Å². The third kappa shape index (κ3) is 3.77. The van der Waals surface area contributed by atoms with Gasteiger partial charge in [-0.15, -0.1) is 0 Å². The molecule has 5 nitrogen and oxygen atoms in total. The number of imide groups is 1. The third-order valence-electron chi connectivity index (χ3n) is 3.44. The molecule has 6 heteroatoms. The molecule has 1 aromatic carbocycles. The first-order valence-electron chi connectivity index (χ1n) is 6.58. The van der Waals surface area contributed by atoms with Crippen LogP contribution >= 0.6 is 0 Å². The van der Waals surface area contributed by atoms with Gasteiger partial charge in [-0.05, 0) is 36.6 Å². The second-order valence-electron chi connectivity index (χ2n) is 4.90. The zero-order valence-corrected chi connectivity index (χ0v) is 11.4. The molecule has 1 aliphatic rings. The molecule has 108 valence electrons. The highest BCUT2D eigenvalue weighted by Crippen LogP contribution is 2.27. The van der Waals surface area contributed by atoms with Gasteiger partial charge in [0.15, 0.2) is 0 Å². The van der Waals surface area contributed by atoms with Crippen molar-refractivity contribution in [2.45, 2.75) is 12.3 Å². The number of nitrogens with one attached hydrogen (secondary N) is 2. The van der Waals surface area contributed by atoms with Crippen molar-refractivity contribution < 1.29 is 14.0 Å². The van der Waals surface area contributed by atoms with E-state index in [0.29, 0.717) is 6.54 Å². The summed E-state index contributed by atoms with van der Waals surface area (Å²) < 4.78 is 13.2. The van der Waals surface area contributed by atoms with Crippen LogP contribution in [0.4, 0.5) is 9.18 Å².